The summed E-state index contributed by atoms with van der Waals surface area (Å²) in [6.07, 6.45) is 7.41. The molecule has 1 fully saturated rings. The van der Waals surface area contributed by atoms with Crippen LogP contribution < -0.4 is 4.90 Å². The van der Waals surface area contributed by atoms with Gasteiger partial charge in [0.05, 0.1) is 12.7 Å². The molecule has 1 atom stereocenters. The Morgan fingerprint density at radius 2 is 2.11 bits per heavy atom. The summed E-state index contributed by atoms with van der Waals surface area (Å²) in [6, 6.07) is 4.25. The van der Waals surface area contributed by atoms with Gasteiger partial charge in [0, 0.05) is 18.8 Å². The topological polar surface area (TPSA) is 56.6 Å². The Balaban J connectivity index is 2.19. The maximum atomic E-state index is 9.67. The van der Waals surface area contributed by atoms with E-state index in [1.807, 2.05) is 12.1 Å². The summed E-state index contributed by atoms with van der Waals surface area (Å²) >= 11 is 0. The van der Waals surface area contributed by atoms with Crippen LogP contribution >= 0.6 is 0 Å². The minimum atomic E-state index is -0.482. The van der Waals surface area contributed by atoms with Crippen molar-refractivity contribution in [3.63, 3.8) is 0 Å². The van der Waals surface area contributed by atoms with Crippen molar-refractivity contribution in [3.05, 3.63) is 23.9 Å². The number of hydrogen-bond acceptors (Lipinski definition) is 4. The number of nitrogens with zero attached hydrogens (tertiary/aromatic N) is 2. The highest BCUT2D eigenvalue weighted by Crippen LogP contribution is 2.27. The van der Waals surface area contributed by atoms with Crippen LogP contribution in [-0.4, -0.2) is 34.4 Å². The van der Waals surface area contributed by atoms with Crippen LogP contribution in [0, 0.1) is 0 Å². The summed E-state index contributed by atoms with van der Waals surface area (Å²) in [6.45, 7) is 2.51. The van der Waals surface area contributed by atoms with E-state index in [0.29, 0.717) is 12.6 Å². The van der Waals surface area contributed by atoms with Crippen molar-refractivity contribution >= 4 is 5.82 Å². The van der Waals surface area contributed by atoms with E-state index in [0.717, 1.165) is 11.4 Å². The molecule has 1 aromatic rings. The molecule has 19 heavy (non-hydrogen) atoms. The second-order valence-electron chi connectivity index (χ2n) is 5.33. The normalized spacial score (nSPS) is 18.3. The molecular formula is C15H24N2O2. The van der Waals surface area contributed by atoms with E-state index in [1.165, 1.54) is 32.1 Å². The zero-order chi connectivity index (χ0) is 13.7. The first-order chi connectivity index (χ1) is 9.22. The lowest BCUT2D eigenvalue weighted by molar-refractivity contribution is 0.199. The summed E-state index contributed by atoms with van der Waals surface area (Å²) < 4.78 is 0. The Morgan fingerprint density at radius 1 is 1.37 bits per heavy atom. The molecule has 0 spiro atoms. The summed E-state index contributed by atoms with van der Waals surface area (Å²) in [5, 5.41) is 19.0. The van der Waals surface area contributed by atoms with Gasteiger partial charge < -0.3 is 15.1 Å². The molecule has 1 aliphatic rings. The van der Waals surface area contributed by atoms with Crippen LogP contribution in [0.15, 0.2) is 18.3 Å². The number of hydrogen-bond donors (Lipinski definition) is 2. The van der Waals surface area contributed by atoms with E-state index in [9.17, 15) is 10.2 Å². The third kappa shape index (κ3) is 3.67. The van der Waals surface area contributed by atoms with Crippen molar-refractivity contribution in [3.8, 4) is 0 Å². The van der Waals surface area contributed by atoms with Crippen molar-refractivity contribution in [2.75, 3.05) is 18.1 Å². The van der Waals surface area contributed by atoms with Crippen molar-refractivity contribution < 1.29 is 10.2 Å². The van der Waals surface area contributed by atoms with Gasteiger partial charge in [-0.3, -0.25) is 0 Å². The van der Waals surface area contributed by atoms with Gasteiger partial charge in [0.1, 0.15) is 5.82 Å². The zero-order valence-electron chi connectivity index (χ0n) is 11.6. The van der Waals surface area contributed by atoms with Crippen LogP contribution in [0.1, 0.15) is 50.7 Å². The molecule has 1 heterocycles. The minimum Gasteiger partial charge on any atom is -0.395 e. The smallest absolute Gasteiger partial charge is 0.129 e. The molecule has 106 valence electrons. The predicted molar refractivity (Wildman–Crippen MR) is 76.2 cm³/mol. The van der Waals surface area contributed by atoms with E-state index in [1.54, 1.807) is 13.1 Å². The third-order valence-corrected chi connectivity index (χ3v) is 3.90. The number of aliphatic hydroxyl groups excluding tert-OH is 2. The van der Waals surface area contributed by atoms with Crippen molar-refractivity contribution in [2.24, 2.45) is 0 Å². The van der Waals surface area contributed by atoms with Crippen molar-refractivity contribution in [2.45, 2.75) is 51.2 Å². The predicted octanol–water partition coefficient (Wildman–Crippen LogP) is 2.27. The minimum absolute atomic E-state index is 0.136. The molecule has 2 N–H and O–H groups in total. The fraction of sp³-hybridized carbons (Fsp3) is 0.667. The van der Waals surface area contributed by atoms with Gasteiger partial charge in [-0.05, 0) is 37.5 Å². The van der Waals surface area contributed by atoms with Crippen LogP contribution in [0.25, 0.3) is 0 Å². The fourth-order valence-electron chi connectivity index (χ4n) is 2.84. The standard InChI is InChI=1S/C15H24N2O2/c1-12(19)13-7-8-16-15(11-13)17(9-10-18)14-5-3-2-4-6-14/h7-8,11-12,14,18-19H,2-6,9-10H2,1H3. The number of aromatic nitrogens is 1. The van der Waals surface area contributed by atoms with Gasteiger partial charge in [0.25, 0.3) is 0 Å². The first-order valence-corrected chi connectivity index (χ1v) is 7.24. The Bertz CT molecular complexity index is 389. The summed E-state index contributed by atoms with van der Waals surface area (Å²) in [5.74, 6) is 0.874. The van der Waals surface area contributed by atoms with Gasteiger partial charge >= 0.3 is 0 Å². The average Bonchev–Trinajstić information content (AvgIpc) is 2.46. The molecule has 0 aromatic carbocycles. The molecule has 4 nitrogen and oxygen atoms in total. The molecule has 0 bridgehead atoms. The molecule has 0 aliphatic heterocycles. The molecule has 4 heteroatoms. The third-order valence-electron chi connectivity index (χ3n) is 3.90. The molecule has 1 saturated carbocycles. The molecule has 1 aliphatic carbocycles. The highest BCUT2D eigenvalue weighted by atomic mass is 16.3. The summed E-state index contributed by atoms with van der Waals surface area (Å²) in [4.78, 5) is 6.62. The molecule has 0 saturated heterocycles. The maximum absolute atomic E-state index is 9.67. The van der Waals surface area contributed by atoms with Crippen LogP contribution in [-0.2, 0) is 0 Å². The fourth-order valence-corrected chi connectivity index (χ4v) is 2.84. The van der Waals surface area contributed by atoms with Crippen molar-refractivity contribution in [1.82, 2.24) is 4.98 Å². The van der Waals surface area contributed by atoms with E-state index in [-0.39, 0.29) is 6.61 Å². The Labute approximate surface area is 115 Å². The second-order valence-corrected chi connectivity index (χ2v) is 5.33. The number of anilines is 1. The Morgan fingerprint density at radius 3 is 2.74 bits per heavy atom. The highest BCUT2D eigenvalue weighted by Gasteiger charge is 2.22. The van der Waals surface area contributed by atoms with E-state index >= 15 is 0 Å². The zero-order valence-corrected chi connectivity index (χ0v) is 11.6. The maximum Gasteiger partial charge on any atom is 0.129 e. The Hall–Kier alpha value is -1.13. The van der Waals surface area contributed by atoms with Crippen LogP contribution in [0.3, 0.4) is 0 Å². The Kier molecular flexibility index (Phi) is 5.16. The van der Waals surface area contributed by atoms with Gasteiger partial charge in [-0.1, -0.05) is 19.3 Å². The molecule has 0 radical (unpaired) electrons. The molecule has 2 rings (SSSR count). The van der Waals surface area contributed by atoms with Crippen molar-refractivity contribution in [1.29, 1.82) is 0 Å². The molecular weight excluding hydrogens is 240 g/mol. The lowest BCUT2D eigenvalue weighted by atomic mass is 9.94. The van der Waals surface area contributed by atoms with Gasteiger partial charge in [0.2, 0.25) is 0 Å². The second kappa shape index (κ2) is 6.87. The first kappa shape index (κ1) is 14.3. The van der Waals surface area contributed by atoms with Crippen LogP contribution in [0.5, 0.6) is 0 Å². The van der Waals surface area contributed by atoms with E-state index in [2.05, 4.69) is 9.88 Å². The number of aliphatic hydroxyl groups is 2. The number of pyridine rings is 1. The monoisotopic (exact) mass is 264 g/mol. The van der Waals surface area contributed by atoms with Gasteiger partial charge in [-0.2, -0.15) is 0 Å². The summed E-state index contributed by atoms with van der Waals surface area (Å²) in [7, 11) is 0. The van der Waals surface area contributed by atoms with Gasteiger partial charge in [0.15, 0.2) is 0 Å². The first-order valence-electron chi connectivity index (χ1n) is 7.24. The lowest BCUT2D eigenvalue weighted by Crippen LogP contribution is -2.39. The van der Waals surface area contributed by atoms with Crippen LogP contribution in [0.2, 0.25) is 0 Å². The van der Waals surface area contributed by atoms with Gasteiger partial charge in [-0.25, -0.2) is 4.98 Å². The number of rotatable bonds is 5. The van der Waals surface area contributed by atoms with E-state index in [4.69, 9.17) is 0 Å². The lowest BCUT2D eigenvalue weighted by Gasteiger charge is -2.35. The van der Waals surface area contributed by atoms with Gasteiger partial charge in [-0.15, -0.1) is 0 Å². The van der Waals surface area contributed by atoms with Crippen LogP contribution in [0.4, 0.5) is 5.82 Å². The highest BCUT2D eigenvalue weighted by molar-refractivity contribution is 5.42. The quantitative estimate of drug-likeness (QED) is 0.856. The molecule has 1 unspecified atom stereocenters. The average molecular weight is 264 g/mol. The van der Waals surface area contributed by atoms with E-state index < -0.39 is 6.10 Å². The molecule has 1 aromatic heterocycles. The SMILES string of the molecule is CC(O)c1ccnc(N(CCO)C2CCCCC2)c1. The largest absolute Gasteiger partial charge is 0.395 e. The molecule has 0 amide bonds. The summed E-state index contributed by atoms with van der Waals surface area (Å²) in [5.41, 5.74) is 0.878.